The predicted molar refractivity (Wildman–Crippen MR) is 57.8 cm³/mol. The van der Waals surface area contributed by atoms with Gasteiger partial charge in [-0.2, -0.15) is 5.26 Å². The molecule has 0 aliphatic carbocycles. The van der Waals surface area contributed by atoms with Crippen LogP contribution in [0.1, 0.15) is 21.0 Å². The highest BCUT2D eigenvalue weighted by molar-refractivity contribution is 7.13. The van der Waals surface area contributed by atoms with Crippen molar-refractivity contribution in [2.75, 3.05) is 13.6 Å². The van der Waals surface area contributed by atoms with Gasteiger partial charge in [0.1, 0.15) is 4.88 Å². The maximum Gasteiger partial charge on any atom is 0.345 e. The van der Waals surface area contributed by atoms with Crippen LogP contribution in [-0.4, -0.2) is 29.6 Å². The van der Waals surface area contributed by atoms with E-state index in [1.54, 1.807) is 6.07 Å². The highest BCUT2D eigenvalue weighted by Crippen LogP contribution is 2.17. The Hall–Kier alpha value is -1.38. The molecule has 1 aromatic rings. The zero-order valence-corrected chi connectivity index (χ0v) is 9.25. The van der Waals surface area contributed by atoms with Gasteiger partial charge in [0, 0.05) is 24.4 Å². The molecule has 0 radical (unpaired) electrons. The van der Waals surface area contributed by atoms with Crippen LogP contribution in [0.3, 0.4) is 0 Å². The number of carbonyl (C=O) groups is 1. The van der Waals surface area contributed by atoms with Gasteiger partial charge in [0.2, 0.25) is 0 Å². The minimum absolute atomic E-state index is 0.360. The monoisotopic (exact) mass is 224 g/mol. The molecule has 0 bridgehead atoms. The van der Waals surface area contributed by atoms with Crippen LogP contribution in [0, 0.1) is 11.3 Å². The average molecular weight is 224 g/mol. The Labute approximate surface area is 92.4 Å². The van der Waals surface area contributed by atoms with E-state index in [0.717, 1.165) is 4.88 Å². The smallest absolute Gasteiger partial charge is 0.345 e. The topological polar surface area (TPSA) is 64.3 Å². The minimum atomic E-state index is -0.883. The van der Waals surface area contributed by atoms with Crippen LogP contribution in [0.15, 0.2) is 12.1 Å². The van der Waals surface area contributed by atoms with Gasteiger partial charge in [-0.15, -0.1) is 11.3 Å². The molecule has 1 aromatic heterocycles. The highest BCUT2D eigenvalue weighted by atomic mass is 32.1. The number of rotatable bonds is 5. The van der Waals surface area contributed by atoms with Gasteiger partial charge < -0.3 is 10.0 Å². The first-order chi connectivity index (χ1) is 7.13. The number of aromatic carboxylic acids is 1. The second-order valence-electron chi connectivity index (χ2n) is 3.22. The zero-order valence-electron chi connectivity index (χ0n) is 8.43. The Morgan fingerprint density at radius 1 is 1.67 bits per heavy atom. The maximum atomic E-state index is 10.6. The van der Waals surface area contributed by atoms with Crippen molar-refractivity contribution in [2.45, 2.75) is 13.0 Å². The van der Waals surface area contributed by atoms with Crippen molar-refractivity contribution in [3.05, 3.63) is 21.9 Å². The number of carboxylic acids is 1. The summed E-state index contributed by atoms with van der Waals surface area (Å²) >= 11 is 1.28. The first kappa shape index (κ1) is 11.7. The molecule has 0 unspecified atom stereocenters. The van der Waals surface area contributed by atoms with E-state index in [1.165, 1.54) is 11.3 Å². The number of hydrogen-bond acceptors (Lipinski definition) is 4. The summed E-state index contributed by atoms with van der Waals surface area (Å²) in [5.74, 6) is -0.883. The van der Waals surface area contributed by atoms with Crippen molar-refractivity contribution < 1.29 is 9.90 Å². The molecule has 15 heavy (non-hydrogen) atoms. The summed E-state index contributed by atoms with van der Waals surface area (Å²) in [6.45, 7) is 1.40. The van der Waals surface area contributed by atoms with Gasteiger partial charge in [-0.1, -0.05) is 0 Å². The van der Waals surface area contributed by atoms with Crippen molar-refractivity contribution in [2.24, 2.45) is 0 Å². The van der Waals surface area contributed by atoms with E-state index in [1.807, 2.05) is 18.0 Å². The van der Waals surface area contributed by atoms with E-state index in [9.17, 15) is 4.79 Å². The van der Waals surface area contributed by atoms with Crippen LogP contribution >= 0.6 is 11.3 Å². The van der Waals surface area contributed by atoms with Crippen LogP contribution in [0.25, 0.3) is 0 Å². The molecule has 0 fully saturated rings. The standard InChI is InChI=1S/C10H12N2O2S/c1-12(6-2-5-11)7-8-3-4-9(15-8)10(13)14/h3-4H,2,6-7H2,1H3,(H,13,14). The average Bonchev–Trinajstić information content (AvgIpc) is 2.63. The van der Waals surface area contributed by atoms with Gasteiger partial charge in [-0.25, -0.2) is 4.79 Å². The van der Waals surface area contributed by atoms with Crippen LogP contribution in [0.2, 0.25) is 0 Å². The molecular weight excluding hydrogens is 212 g/mol. The summed E-state index contributed by atoms with van der Waals surface area (Å²) in [7, 11) is 1.91. The summed E-state index contributed by atoms with van der Waals surface area (Å²) in [6, 6.07) is 5.50. The van der Waals surface area contributed by atoms with Crippen LogP contribution in [0.5, 0.6) is 0 Å². The SMILES string of the molecule is CN(CCC#N)Cc1ccc(C(=O)O)s1. The number of nitriles is 1. The summed E-state index contributed by atoms with van der Waals surface area (Å²) in [6.07, 6.45) is 0.494. The summed E-state index contributed by atoms with van der Waals surface area (Å²) in [5, 5.41) is 17.1. The van der Waals surface area contributed by atoms with Crippen LogP contribution in [0.4, 0.5) is 0 Å². The first-order valence-corrected chi connectivity index (χ1v) is 5.32. The largest absolute Gasteiger partial charge is 0.477 e. The molecular formula is C10H12N2O2S. The number of nitrogens with zero attached hydrogens (tertiary/aromatic N) is 2. The molecule has 0 spiro atoms. The molecule has 0 amide bonds. The minimum Gasteiger partial charge on any atom is -0.477 e. The lowest BCUT2D eigenvalue weighted by Crippen LogP contribution is -2.17. The molecule has 0 atom stereocenters. The Kier molecular flexibility index (Phi) is 4.28. The second kappa shape index (κ2) is 5.49. The van der Waals surface area contributed by atoms with E-state index >= 15 is 0 Å². The fraction of sp³-hybridized carbons (Fsp3) is 0.400. The molecule has 1 heterocycles. The lowest BCUT2D eigenvalue weighted by atomic mass is 10.4. The lowest BCUT2D eigenvalue weighted by molar-refractivity contribution is 0.0702. The van der Waals surface area contributed by atoms with Gasteiger partial charge in [0.05, 0.1) is 6.07 Å². The van der Waals surface area contributed by atoms with Crippen molar-refractivity contribution in [1.82, 2.24) is 4.90 Å². The number of thiophene rings is 1. The Bertz CT molecular complexity index is 381. The molecule has 0 saturated heterocycles. The first-order valence-electron chi connectivity index (χ1n) is 4.51. The molecule has 0 saturated carbocycles. The van der Waals surface area contributed by atoms with Gasteiger partial charge in [-0.05, 0) is 19.2 Å². The van der Waals surface area contributed by atoms with E-state index in [4.69, 9.17) is 10.4 Å². The van der Waals surface area contributed by atoms with E-state index < -0.39 is 5.97 Å². The van der Waals surface area contributed by atoms with Crippen LogP contribution in [-0.2, 0) is 6.54 Å². The molecule has 4 nitrogen and oxygen atoms in total. The fourth-order valence-corrected chi connectivity index (χ4v) is 2.09. The summed E-state index contributed by atoms with van der Waals surface area (Å²) in [5.41, 5.74) is 0. The Balaban J connectivity index is 2.50. The molecule has 1 N–H and O–H groups in total. The Morgan fingerprint density at radius 3 is 2.93 bits per heavy atom. The second-order valence-corrected chi connectivity index (χ2v) is 4.39. The quantitative estimate of drug-likeness (QED) is 0.828. The Morgan fingerprint density at radius 2 is 2.40 bits per heavy atom. The molecule has 0 aliphatic heterocycles. The summed E-state index contributed by atoms with van der Waals surface area (Å²) < 4.78 is 0. The molecule has 80 valence electrons. The maximum absolute atomic E-state index is 10.6. The normalized spacial score (nSPS) is 10.2. The van der Waals surface area contributed by atoms with Crippen molar-refractivity contribution in [3.8, 4) is 6.07 Å². The third-order valence-electron chi connectivity index (χ3n) is 1.90. The number of hydrogen-bond donors (Lipinski definition) is 1. The van der Waals surface area contributed by atoms with E-state index in [0.29, 0.717) is 24.4 Å². The molecule has 0 aromatic carbocycles. The van der Waals surface area contributed by atoms with Gasteiger partial charge in [0.25, 0.3) is 0 Å². The van der Waals surface area contributed by atoms with Crippen molar-refractivity contribution in [1.29, 1.82) is 5.26 Å². The van der Waals surface area contributed by atoms with Gasteiger partial charge in [0.15, 0.2) is 0 Å². The molecule has 0 aliphatic rings. The predicted octanol–water partition coefficient (Wildman–Crippen LogP) is 1.79. The zero-order chi connectivity index (χ0) is 11.3. The van der Waals surface area contributed by atoms with E-state index in [-0.39, 0.29) is 0 Å². The van der Waals surface area contributed by atoms with Gasteiger partial charge in [-0.3, -0.25) is 0 Å². The third kappa shape index (κ3) is 3.70. The molecule has 5 heteroatoms. The van der Waals surface area contributed by atoms with E-state index in [2.05, 4.69) is 6.07 Å². The number of carboxylic acid groups (broad SMARTS) is 1. The van der Waals surface area contributed by atoms with Crippen molar-refractivity contribution >= 4 is 17.3 Å². The third-order valence-corrected chi connectivity index (χ3v) is 2.96. The molecule has 1 rings (SSSR count). The highest BCUT2D eigenvalue weighted by Gasteiger charge is 2.08. The van der Waals surface area contributed by atoms with Crippen LogP contribution < -0.4 is 0 Å². The summed E-state index contributed by atoms with van der Waals surface area (Å²) in [4.78, 5) is 14.0. The van der Waals surface area contributed by atoms with Gasteiger partial charge >= 0.3 is 5.97 Å². The fourth-order valence-electron chi connectivity index (χ4n) is 1.16. The lowest BCUT2D eigenvalue weighted by Gasteiger charge is -2.12. The van der Waals surface area contributed by atoms with Crippen molar-refractivity contribution in [3.63, 3.8) is 0 Å².